The molecule has 0 saturated heterocycles. The highest BCUT2D eigenvalue weighted by molar-refractivity contribution is 5.87. The van der Waals surface area contributed by atoms with Gasteiger partial charge >= 0.3 is 5.97 Å². The Morgan fingerprint density at radius 3 is 2.40 bits per heavy atom. The molecule has 0 saturated carbocycles. The molecule has 0 aliphatic carbocycles. The summed E-state index contributed by atoms with van der Waals surface area (Å²) in [6, 6.07) is 0. The van der Waals surface area contributed by atoms with Gasteiger partial charge in [0.05, 0.1) is 6.61 Å². The highest BCUT2D eigenvalue weighted by Gasteiger charge is 2.00. The van der Waals surface area contributed by atoms with Crippen molar-refractivity contribution in [2.75, 3.05) is 6.61 Å². The fourth-order valence-electron chi connectivity index (χ4n) is 0.363. The van der Waals surface area contributed by atoms with Crippen molar-refractivity contribution in [2.45, 2.75) is 20.8 Å². The molecule has 0 unspecified atom stereocenters. The minimum atomic E-state index is -0.222. The molecule has 10 heavy (non-hydrogen) atoms. The fraction of sp³-hybridized carbons (Fsp3) is 0.571. The van der Waals surface area contributed by atoms with E-state index >= 15 is 0 Å². The molecule has 2 nitrogen and oxygen atoms in total. The second-order valence-electron chi connectivity index (χ2n) is 1.69. The van der Waals surface area contributed by atoms with Crippen LogP contribution in [0.3, 0.4) is 0 Å². The number of ether oxygens (including phenoxy) is 1. The Kier molecular flexibility index (Phi) is 8.07. The number of carbonyl (C=O) groups is 1. The number of halogens is 1. The minimum absolute atomic E-state index is 0. The van der Waals surface area contributed by atoms with E-state index in [0.29, 0.717) is 12.2 Å². The summed E-state index contributed by atoms with van der Waals surface area (Å²) in [5.74, 6) is -0.222. The molecule has 0 aliphatic heterocycles. The summed E-state index contributed by atoms with van der Waals surface area (Å²) in [7, 11) is 0. The van der Waals surface area contributed by atoms with Crippen LogP contribution in [-0.2, 0) is 9.53 Å². The van der Waals surface area contributed by atoms with Crippen molar-refractivity contribution in [3.63, 3.8) is 0 Å². The monoisotopic (exact) mass is 164 g/mol. The van der Waals surface area contributed by atoms with Crippen molar-refractivity contribution in [1.29, 1.82) is 0 Å². The van der Waals surface area contributed by atoms with Gasteiger partial charge in [0.25, 0.3) is 0 Å². The van der Waals surface area contributed by atoms with Gasteiger partial charge in [-0.05, 0) is 20.8 Å². The average molecular weight is 165 g/mol. The van der Waals surface area contributed by atoms with Gasteiger partial charge in [0, 0.05) is 5.57 Å². The predicted octanol–water partition coefficient (Wildman–Crippen LogP) is 1.94. The number of rotatable bonds is 2. The first kappa shape index (κ1) is 12.2. The Labute approximate surface area is 67.7 Å². The van der Waals surface area contributed by atoms with Crippen LogP contribution in [0.15, 0.2) is 11.6 Å². The van der Waals surface area contributed by atoms with Crippen molar-refractivity contribution in [3.05, 3.63) is 11.6 Å². The molecule has 0 radical (unpaired) electrons. The summed E-state index contributed by atoms with van der Waals surface area (Å²) in [5.41, 5.74) is 0.664. The van der Waals surface area contributed by atoms with Gasteiger partial charge in [-0.25, -0.2) is 4.79 Å². The second kappa shape index (κ2) is 6.62. The van der Waals surface area contributed by atoms with E-state index in [2.05, 4.69) is 4.74 Å². The topological polar surface area (TPSA) is 26.3 Å². The van der Waals surface area contributed by atoms with Crippen molar-refractivity contribution in [3.8, 4) is 0 Å². The molecule has 3 heteroatoms. The number of hydrogen-bond acceptors (Lipinski definition) is 2. The lowest BCUT2D eigenvalue weighted by Gasteiger charge is -1.98. The molecule has 60 valence electrons. The van der Waals surface area contributed by atoms with Crippen LogP contribution in [0.1, 0.15) is 20.8 Å². The smallest absolute Gasteiger partial charge is 0.333 e. The quantitative estimate of drug-likeness (QED) is 0.461. The van der Waals surface area contributed by atoms with E-state index in [-0.39, 0.29) is 18.4 Å². The van der Waals surface area contributed by atoms with Gasteiger partial charge in [0.1, 0.15) is 0 Å². The molecular weight excluding hydrogens is 152 g/mol. The Balaban J connectivity index is 0. The first-order valence-electron chi connectivity index (χ1n) is 3.02. The van der Waals surface area contributed by atoms with Crippen molar-refractivity contribution < 1.29 is 9.53 Å². The molecule has 0 spiro atoms. The molecule has 0 bridgehead atoms. The van der Waals surface area contributed by atoms with Gasteiger partial charge < -0.3 is 4.74 Å². The van der Waals surface area contributed by atoms with Gasteiger partial charge in [-0.2, -0.15) is 0 Å². The average Bonchev–Trinajstić information content (AvgIpc) is 1.87. The zero-order chi connectivity index (χ0) is 7.28. The van der Waals surface area contributed by atoms with E-state index in [1.54, 1.807) is 19.9 Å². The third kappa shape index (κ3) is 4.39. The Bertz CT molecular complexity index is 130. The zero-order valence-corrected chi connectivity index (χ0v) is 7.33. The molecular formula is C7H13ClO2. The normalized spacial score (nSPS) is 10.1. The van der Waals surface area contributed by atoms with Gasteiger partial charge in [-0.1, -0.05) is 6.08 Å². The van der Waals surface area contributed by atoms with E-state index < -0.39 is 0 Å². The maximum atomic E-state index is 10.7. The molecule has 0 rings (SSSR count). The molecule has 0 heterocycles. The summed E-state index contributed by atoms with van der Waals surface area (Å²) in [6.45, 7) is 5.79. The molecule has 0 amide bonds. The van der Waals surface area contributed by atoms with Gasteiger partial charge in [-0.15, -0.1) is 12.4 Å². The van der Waals surface area contributed by atoms with E-state index in [0.717, 1.165) is 0 Å². The van der Waals surface area contributed by atoms with Crippen LogP contribution in [0.2, 0.25) is 0 Å². The molecule has 0 atom stereocenters. The fourth-order valence-corrected chi connectivity index (χ4v) is 0.363. The number of carbonyl (C=O) groups excluding carboxylic acids is 1. The summed E-state index contributed by atoms with van der Waals surface area (Å²) >= 11 is 0. The lowest BCUT2D eigenvalue weighted by Crippen LogP contribution is -2.04. The molecule has 0 fully saturated rings. The molecule has 0 aromatic heterocycles. The van der Waals surface area contributed by atoms with Crippen LogP contribution >= 0.6 is 12.4 Å². The van der Waals surface area contributed by atoms with E-state index in [4.69, 9.17) is 0 Å². The van der Waals surface area contributed by atoms with Crippen molar-refractivity contribution >= 4 is 18.4 Å². The number of esters is 1. The largest absolute Gasteiger partial charge is 0.463 e. The molecule has 0 N–H and O–H groups in total. The Morgan fingerprint density at radius 1 is 1.60 bits per heavy atom. The zero-order valence-electron chi connectivity index (χ0n) is 6.51. The van der Waals surface area contributed by atoms with Crippen LogP contribution in [0.4, 0.5) is 0 Å². The van der Waals surface area contributed by atoms with Crippen LogP contribution in [-0.4, -0.2) is 12.6 Å². The first-order chi connectivity index (χ1) is 4.22. The minimum Gasteiger partial charge on any atom is -0.463 e. The predicted molar refractivity (Wildman–Crippen MR) is 43.3 cm³/mol. The number of hydrogen-bond donors (Lipinski definition) is 0. The summed E-state index contributed by atoms with van der Waals surface area (Å²) in [5, 5.41) is 0. The van der Waals surface area contributed by atoms with Crippen molar-refractivity contribution in [1.82, 2.24) is 0 Å². The number of allylic oxidation sites excluding steroid dienone is 1. The molecule has 0 aromatic rings. The van der Waals surface area contributed by atoms with Crippen LogP contribution in [0.25, 0.3) is 0 Å². The Morgan fingerprint density at radius 2 is 2.10 bits per heavy atom. The maximum absolute atomic E-state index is 10.7. The Hall–Kier alpha value is -0.500. The van der Waals surface area contributed by atoms with E-state index in [1.807, 2.05) is 6.92 Å². The van der Waals surface area contributed by atoms with Crippen LogP contribution in [0, 0.1) is 0 Å². The summed E-state index contributed by atoms with van der Waals surface area (Å²) in [4.78, 5) is 10.7. The SMILES string of the molecule is CC=C(C)C(=O)OCC.Cl. The third-order valence-electron chi connectivity index (χ3n) is 1.03. The van der Waals surface area contributed by atoms with Crippen LogP contribution < -0.4 is 0 Å². The third-order valence-corrected chi connectivity index (χ3v) is 1.03. The van der Waals surface area contributed by atoms with E-state index in [9.17, 15) is 4.79 Å². The first-order valence-corrected chi connectivity index (χ1v) is 3.02. The van der Waals surface area contributed by atoms with Crippen molar-refractivity contribution in [2.24, 2.45) is 0 Å². The highest BCUT2D eigenvalue weighted by Crippen LogP contribution is 1.94. The van der Waals surface area contributed by atoms with Crippen LogP contribution in [0.5, 0.6) is 0 Å². The van der Waals surface area contributed by atoms with E-state index in [1.165, 1.54) is 0 Å². The lowest BCUT2D eigenvalue weighted by atomic mass is 10.3. The standard InChI is InChI=1S/C7H12O2.ClH/c1-4-6(3)7(8)9-5-2;/h4H,5H2,1-3H3;1H. The van der Waals surface area contributed by atoms with Gasteiger partial charge in [0.2, 0.25) is 0 Å². The maximum Gasteiger partial charge on any atom is 0.333 e. The van der Waals surface area contributed by atoms with Gasteiger partial charge in [-0.3, -0.25) is 0 Å². The lowest BCUT2D eigenvalue weighted by molar-refractivity contribution is -0.138. The highest BCUT2D eigenvalue weighted by atomic mass is 35.5. The summed E-state index contributed by atoms with van der Waals surface area (Å²) in [6.07, 6.45) is 1.73. The molecule has 0 aliphatic rings. The summed E-state index contributed by atoms with van der Waals surface area (Å²) < 4.78 is 4.69. The second-order valence-corrected chi connectivity index (χ2v) is 1.69. The molecule has 0 aromatic carbocycles. The van der Waals surface area contributed by atoms with Gasteiger partial charge in [0.15, 0.2) is 0 Å².